The lowest BCUT2D eigenvalue weighted by Gasteiger charge is -2.51. The highest BCUT2D eigenvalue weighted by atomic mass is 16.5. The van der Waals surface area contributed by atoms with Gasteiger partial charge in [-0.2, -0.15) is 0 Å². The minimum absolute atomic E-state index is 0.0348. The van der Waals surface area contributed by atoms with E-state index in [1.54, 1.807) is 12.0 Å². The zero-order chi connectivity index (χ0) is 25.1. The summed E-state index contributed by atoms with van der Waals surface area (Å²) < 4.78 is 5.26. The van der Waals surface area contributed by atoms with Crippen molar-refractivity contribution in [3.8, 4) is 0 Å². The zero-order valence-electron chi connectivity index (χ0n) is 21.5. The van der Waals surface area contributed by atoms with E-state index in [-0.39, 0.29) is 35.7 Å². The van der Waals surface area contributed by atoms with Crippen molar-refractivity contribution in [2.75, 3.05) is 54.0 Å². The van der Waals surface area contributed by atoms with Gasteiger partial charge in [0.1, 0.15) is 6.54 Å². The monoisotopic (exact) mass is 486 g/mol. The summed E-state index contributed by atoms with van der Waals surface area (Å²) in [7, 11) is 5.99. The second-order valence-corrected chi connectivity index (χ2v) is 10.9. The van der Waals surface area contributed by atoms with Crippen LogP contribution in [0.3, 0.4) is 0 Å². The van der Waals surface area contributed by atoms with Crippen molar-refractivity contribution in [1.82, 2.24) is 20.0 Å². The molecule has 194 valence electrons. The van der Waals surface area contributed by atoms with E-state index < -0.39 is 0 Å². The molecule has 1 spiro atoms. The average Bonchev–Trinajstić information content (AvgIpc) is 3.07. The third-order valence-corrected chi connectivity index (χ3v) is 8.60. The molecule has 8 nitrogen and oxygen atoms in total. The van der Waals surface area contributed by atoms with Crippen LogP contribution >= 0.6 is 0 Å². The second-order valence-electron chi connectivity index (χ2n) is 10.9. The summed E-state index contributed by atoms with van der Waals surface area (Å²) in [6, 6.07) is 10.7. The van der Waals surface area contributed by atoms with Crippen LogP contribution in [0.25, 0.3) is 0 Å². The third-order valence-electron chi connectivity index (χ3n) is 8.60. The standard InChI is InChI=1S/C27H42N4O4/c1-29(2)27(22-8-5-4-6-9-22)12-10-26(11-13-27)20-30(25(34)31(26)14-7-15-35-3)19-24(33)28-18-21-16-23(32)17-21/h4-6,8-9,21,23,32H,7,10-20H2,1-3H3,(H,28,33)/t21-,23+,26?,27?. The lowest BCUT2D eigenvalue weighted by Crippen LogP contribution is -2.55. The van der Waals surface area contributed by atoms with Gasteiger partial charge in [0, 0.05) is 38.9 Å². The molecule has 1 aromatic rings. The Hall–Kier alpha value is -2.16. The quantitative estimate of drug-likeness (QED) is 0.496. The minimum atomic E-state index is -0.253. The van der Waals surface area contributed by atoms with Crippen LogP contribution in [-0.2, 0) is 15.1 Å². The van der Waals surface area contributed by atoms with Gasteiger partial charge in [-0.05, 0) is 70.5 Å². The highest BCUT2D eigenvalue weighted by molar-refractivity contribution is 5.86. The fourth-order valence-corrected chi connectivity index (χ4v) is 6.36. The Bertz CT molecular complexity index is 863. The Morgan fingerprint density at radius 2 is 1.86 bits per heavy atom. The van der Waals surface area contributed by atoms with E-state index in [1.807, 2.05) is 4.90 Å². The molecular formula is C27H42N4O4. The molecule has 2 N–H and O–H groups in total. The molecule has 3 fully saturated rings. The summed E-state index contributed by atoms with van der Waals surface area (Å²) in [5.41, 5.74) is 1.02. The molecule has 4 rings (SSSR count). The maximum absolute atomic E-state index is 13.5. The van der Waals surface area contributed by atoms with Crippen LogP contribution in [0.5, 0.6) is 0 Å². The highest BCUT2D eigenvalue weighted by Crippen LogP contribution is 2.48. The van der Waals surface area contributed by atoms with E-state index in [9.17, 15) is 14.7 Å². The highest BCUT2D eigenvalue weighted by Gasteiger charge is 2.54. The van der Waals surface area contributed by atoms with Crippen molar-refractivity contribution in [3.63, 3.8) is 0 Å². The molecule has 0 aromatic heterocycles. The van der Waals surface area contributed by atoms with Gasteiger partial charge in [-0.3, -0.25) is 9.69 Å². The number of nitrogens with zero attached hydrogens (tertiary/aromatic N) is 3. The molecule has 35 heavy (non-hydrogen) atoms. The van der Waals surface area contributed by atoms with Crippen molar-refractivity contribution < 1.29 is 19.4 Å². The molecule has 1 saturated heterocycles. The molecule has 1 aromatic carbocycles. The van der Waals surface area contributed by atoms with Crippen LogP contribution in [0.2, 0.25) is 0 Å². The number of carbonyl (C=O) groups excluding carboxylic acids is 2. The van der Waals surface area contributed by atoms with Crippen LogP contribution in [0.1, 0.15) is 50.5 Å². The number of benzene rings is 1. The Morgan fingerprint density at radius 3 is 2.46 bits per heavy atom. The van der Waals surface area contributed by atoms with E-state index in [4.69, 9.17) is 4.74 Å². The molecule has 3 amide bonds. The summed E-state index contributed by atoms with van der Waals surface area (Å²) in [5, 5.41) is 12.4. The topological polar surface area (TPSA) is 85.3 Å². The van der Waals surface area contributed by atoms with E-state index in [0.29, 0.717) is 32.2 Å². The van der Waals surface area contributed by atoms with Gasteiger partial charge in [0.05, 0.1) is 11.6 Å². The number of ether oxygens (including phenoxy) is 1. The van der Waals surface area contributed by atoms with Crippen LogP contribution in [0.4, 0.5) is 4.79 Å². The summed E-state index contributed by atoms with van der Waals surface area (Å²) in [6.07, 6.45) is 5.76. The lowest BCUT2D eigenvalue weighted by molar-refractivity contribution is -0.122. The SMILES string of the molecule is COCCCN1C(=O)N(CC(=O)NC[C@H]2C[C@@H](O)C2)CC12CCC(c1ccccc1)(N(C)C)CC2. The van der Waals surface area contributed by atoms with Gasteiger partial charge in [-0.25, -0.2) is 4.79 Å². The van der Waals surface area contributed by atoms with Crippen molar-refractivity contribution in [3.05, 3.63) is 35.9 Å². The van der Waals surface area contributed by atoms with Gasteiger partial charge < -0.3 is 25.0 Å². The fourth-order valence-electron chi connectivity index (χ4n) is 6.36. The molecule has 1 heterocycles. The number of amides is 3. The predicted molar refractivity (Wildman–Crippen MR) is 135 cm³/mol. The van der Waals surface area contributed by atoms with E-state index in [2.05, 4.69) is 54.6 Å². The second kappa shape index (κ2) is 10.8. The Labute approximate surface area is 209 Å². The number of urea groups is 1. The van der Waals surface area contributed by atoms with Crippen molar-refractivity contribution in [2.45, 2.75) is 62.1 Å². The smallest absolute Gasteiger partial charge is 0.321 e. The number of aliphatic hydroxyl groups excluding tert-OH is 1. The van der Waals surface area contributed by atoms with Crippen molar-refractivity contribution >= 4 is 11.9 Å². The van der Waals surface area contributed by atoms with Gasteiger partial charge in [0.25, 0.3) is 0 Å². The first-order valence-electron chi connectivity index (χ1n) is 13.0. The van der Waals surface area contributed by atoms with E-state index >= 15 is 0 Å². The number of hydrogen-bond donors (Lipinski definition) is 2. The van der Waals surface area contributed by atoms with Crippen LogP contribution in [0, 0.1) is 5.92 Å². The molecule has 2 saturated carbocycles. The minimum Gasteiger partial charge on any atom is -0.393 e. The van der Waals surface area contributed by atoms with Crippen LogP contribution in [0.15, 0.2) is 30.3 Å². The van der Waals surface area contributed by atoms with Crippen molar-refractivity contribution in [2.24, 2.45) is 5.92 Å². The Kier molecular flexibility index (Phi) is 8.03. The van der Waals surface area contributed by atoms with Gasteiger partial charge in [-0.15, -0.1) is 0 Å². The van der Waals surface area contributed by atoms with Crippen LogP contribution in [-0.4, -0.2) is 97.4 Å². The maximum Gasteiger partial charge on any atom is 0.321 e. The average molecular weight is 487 g/mol. The number of aliphatic hydroxyl groups is 1. The molecular weight excluding hydrogens is 444 g/mol. The van der Waals surface area contributed by atoms with E-state index in [1.165, 1.54) is 5.56 Å². The molecule has 0 atom stereocenters. The number of carbonyl (C=O) groups is 2. The van der Waals surface area contributed by atoms with E-state index in [0.717, 1.165) is 44.9 Å². The molecule has 3 aliphatic rings. The fraction of sp³-hybridized carbons (Fsp3) is 0.704. The molecule has 8 heteroatoms. The first kappa shape index (κ1) is 25.9. The zero-order valence-corrected chi connectivity index (χ0v) is 21.5. The first-order chi connectivity index (χ1) is 16.8. The van der Waals surface area contributed by atoms with Crippen molar-refractivity contribution in [1.29, 1.82) is 0 Å². The maximum atomic E-state index is 13.5. The largest absolute Gasteiger partial charge is 0.393 e. The molecule has 0 unspecified atom stereocenters. The number of rotatable bonds is 10. The summed E-state index contributed by atoms with van der Waals surface area (Å²) in [6.45, 7) is 2.51. The Morgan fingerprint density at radius 1 is 1.17 bits per heavy atom. The number of methoxy groups -OCH3 is 1. The van der Waals surface area contributed by atoms with Gasteiger partial charge in [-0.1, -0.05) is 30.3 Å². The first-order valence-corrected chi connectivity index (χ1v) is 13.0. The summed E-state index contributed by atoms with van der Waals surface area (Å²) in [5.74, 6) is 0.229. The number of hydrogen-bond acceptors (Lipinski definition) is 5. The molecule has 0 bridgehead atoms. The predicted octanol–water partition coefficient (Wildman–Crippen LogP) is 2.42. The summed E-state index contributed by atoms with van der Waals surface area (Å²) in [4.78, 5) is 32.3. The molecule has 1 aliphatic heterocycles. The Balaban J connectivity index is 1.45. The molecule has 0 radical (unpaired) electrons. The van der Waals surface area contributed by atoms with Gasteiger partial charge in [0.2, 0.25) is 5.91 Å². The normalized spacial score (nSPS) is 30.7. The lowest BCUT2D eigenvalue weighted by atomic mass is 9.68. The van der Waals surface area contributed by atoms with Gasteiger partial charge >= 0.3 is 6.03 Å². The number of nitrogens with one attached hydrogen (secondary N) is 1. The van der Waals surface area contributed by atoms with Crippen LogP contribution < -0.4 is 5.32 Å². The molecule has 2 aliphatic carbocycles. The third kappa shape index (κ3) is 5.34. The summed E-state index contributed by atoms with van der Waals surface area (Å²) >= 11 is 0. The van der Waals surface area contributed by atoms with Gasteiger partial charge in [0.15, 0.2) is 0 Å².